The van der Waals surface area contributed by atoms with Crippen LogP contribution in [-0.4, -0.2) is 51.4 Å². The van der Waals surface area contributed by atoms with Crippen LogP contribution in [0.25, 0.3) is 0 Å². The fourth-order valence-corrected chi connectivity index (χ4v) is 5.80. The van der Waals surface area contributed by atoms with Crippen LogP contribution in [0.5, 0.6) is 0 Å². The zero-order valence-electron chi connectivity index (χ0n) is 18.3. The average Bonchev–Trinajstić information content (AvgIpc) is 3.23. The van der Waals surface area contributed by atoms with E-state index in [1.807, 2.05) is 18.2 Å². The summed E-state index contributed by atoms with van der Waals surface area (Å²) in [6, 6.07) is 17.0. The summed E-state index contributed by atoms with van der Waals surface area (Å²) in [6.07, 6.45) is -1.99. The number of benzene rings is 2. The molecule has 0 spiro atoms. The number of carbonyl (C=O) groups is 2. The van der Waals surface area contributed by atoms with Crippen molar-refractivity contribution in [2.24, 2.45) is 0 Å². The van der Waals surface area contributed by atoms with Gasteiger partial charge in [-0.1, -0.05) is 0 Å². The van der Waals surface area contributed by atoms with Gasteiger partial charge in [-0.15, -0.1) is 0 Å². The third-order valence-electron chi connectivity index (χ3n) is 5.52. The molecule has 0 saturated heterocycles. The van der Waals surface area contributed by atoms with Gasteiger partial charge in [-0.3, -0.25) is 0 Å². The first-order chi connectivity index (χ1) is 15.8. The molecule has 4 nitrogen and oxygen atoms in total. The van der Waals surface area contributed by atoms with Crippen LogP contribution in [0.15, 0.2) is 72.4 Å². The third kappa shape index (κ3) is 5.75. The van der Waals surface area contributed by atoms with Crippen LogP contribution in [0.4, 0.5) is 13.2 Å². The molecule has 0 saturated carbocycles. The Kier molecular flexibility index (Phi) is 8.51. The molecule has 8 heteroatoms. The molecular formula is C25H26F3NO3Se. The van der Waals surface area contributed by atoms with E-state index < -0.39 is 17.7 Å². The van der Waals surface area contributed by atoms with Crippen molar-refractivity contribution in [2.75, 3.05) is 13.7 Å². The predicted molar refractivity (Wildman–Crippen MR) is 121 cm³/mol. The number of carbonyl (C=O) groups excluding carboxylic acids is 2. The minimum atomic E-state index is -4.99. The molecule has 2 aromatic carbocycles. The molecule has 0 fully saturated rings. The SMILES string of the molecule is CO[C@@](C(=O)N(CCCC[Se]c1ccccc1)C1=CC(=O)CC1)(c1ccccc1)C(F)(F)F. The van der Waals surface area contributed by atoms with Gasteiger partial charge < -0.3 is 0 Å². The Morgan fingerprint density at radius 1 is 1.00 bits per heavy atom. The number of unbranched alkanes of at least 4 members (excludes halogenated alkanes) is 1. The zero-order chi connectivity index (χ0) is 23.9. The van der Waals surface area contributed by atoms with E-state index in [-0.39, 0.29) is 45.7 Å². The average molecular weight is 524 g/mol. The fourth-order valence-electron chi connectivity index (χ4n) is 3.84. The standard InChI is InChI=1S/C25H26F3NO3Se/c1-32-24(25(26,27)28,19-10-4-2-5-11-19)23(31)29(20-14-15-21(30)18-20)16-8-9-17-33-22-12-6-3-7-13-22/h2-7,10-13,18H,8-9,14-17H2,1H3/t24-/m1/s1. The summed E-state index contributed by atoms with van der Waals surface area (Å²) in [7, 11) is 0.896. The number of nitrogens with zero attached hydrogens (tertiary/aromatic N) is 1. The first-order valence-corrected chi connectivity index (χ1v) is 12.8. The van der Waals surface area contributed by atoms with Gasteiger partial charge in [0, 0.05) is 0 Å². The minimum absolute atomic E-state index is 0.0941. The van der Waals surface area contributed by atoms with E-state index in [1.165, 1.54) is 34.8 Å². The molecule has 0 radical (unpaired) electrons. The third-order valence-corrected chi connectivity index (χ3v) is 7.83. The number of allylic oxidation sites excluding steroid dienone is 2. The van der Waals surface area contributed by atoms with E-state index >= 15 is 0 Å². The number of rotatable bonds is 10. The van der Waals surface area contributed by atoms with Gasteiger partial charge in [0.2, 0.25) is 0 Å². The van der Waals surface area contributed by atoms with Crippen molar-refractivity contribution in [1.82, 2.24) is 4.90 Å². The first-order valence-electron chi connectivity index (χ1n) is 10.7. The number of amides is 1. The van der Waals surface area contributed by atoms with Crippen molar-refractivity contribution in [1.29, 1.82) is 0 Å². The Labute approximate surface area is 198 Å². The molecule has 1 amide bonds. The van der Waals surface area contributed by atoms with Gasteiger partial charge in [0.1, 0.15) is 0 Å². The second-order valence-electron chi connectivity index (χ2n) is 7.68. The van der Waals surface area contributed by atoms with Gasteiger partial charge in [0.05, 0.1) is 0 Å². The Bertz CT molecular complexity index is 979. The van der Waals surface area contributed by atoms with Crippen LogP contribution < -0.4 is 4.46 Å². The summed E-state index contributed by atoms with van der Waals surface area (Å²) in [4.78, 5) is 26.5. The Hall–Kier alpha value is -2.41. The number of halogens is 3. The maximum absolute atomic E-state index is 14.4. The zero-order valence-corrected chi connectivity index (χ0v) is 20.0. The number of methoxy groups -OCH3 is 1. The molecule has 33 heavy (non-hydrogen) atoms. The summed E-state index contributed by atoms with van der Waals surface area (Å²) < 4.78 is 49.5. The van der Waals surface area contributed by atoms with Gasteiger partial charge in [-0.25, -0.2) is 0 Å². The van der Waals surface area contributed by atoms with Crippen molar-refractivity contribution in [2.45, 2.75) is 42.8 Å². The van der Waals surface area contributed by atoms with Crippen molar-refractivity contribution in [3.8, 4) is 0 Å². The molecule has 1 aliphatic carbocycles. The molecule has 1 aliphatic rings. The molecule has 3 rings (SSSR count). The van der Waals surface area contributed by atoms with Gasteiger partial charge >= 0.3 is 198 Å². The molecular weight excluding hydrogens is 498 g/mol. The summed E-state index contributed by atoms with van der Waals surface area (Å²) in [5.74, 6) is -1.40. The number of ketones is 1. The summed E-state index contributed by atoms with van der Waals surface area (Å²) >= 11 is 0.255. The molecule has 0 N–H and O–H groups in total. The van der Waals surface area contributed by atoms with E-state index in [1.54, 1.807) is 6.07 Å². The van der Waals surface area contributed by atoms with Crippen molar-refractivity contribution < 1.29 is 27.5 Å². The van der Waals surface area contributed by atoms with Crippen LogP contribution in [0, 0.1) is 0 Å². The first kappa shape index (κ1) is 25.2. The normalized spacial score (nSPS) is 15.8. The number of alkyl halides is 3. The van der Waals surface area contributed by atoms with Crippen molar-refractivity contribution in [3.05, 3.63) is 78.0 Å². The fraction of sp³-hybridized carbons (Fsp3) is 0.360. The molecule has 176 valence electrons. The molecule has 0 aromatic heterocycles. The van der Waals surface area contributed by atoms with Crippen LogP contribution >= 0.6 is 0 Å². The van der Waals surface area contributed by atoms with E-state index in [2.05, 4.69) is 12.1 Å². The summed E-state index contributed by atoms with van der Waals surface area (Å²) in [6.45, 7) is 0.0941. The number of hydrogen-bond donors (Lipinski definition) is 0. The molecule has 1 atom stereocenters. The summed E-state index contributed by atoms with van der Waals surface area (Å²) in [5.41, 5.74) is -3.11. The van der Waals surface area contributed by atoms with Crippen LogP contribution in [0.1, 0.15) is 31.2 Å². The van der Waals surface area contributed by atoms with Crippen LogP contribution in [-0.2, 0) is 19.9 Å². The molecule has 0 bridgehead atoms. The Morgan fingerprint density at radius 2 is 1.64 bits per heavy atom. The van der Waals surface area contributed by atoms with Gasteiger partial charge in [0.25, 0.3) is 0 Å². The monoisotopic (exact) mass is 525 g/mol. The summed E-state index contributed by atoms with van der Waals surface area (Å²) in [5, 5.41) is 0.907. The number of hydrogen-bond acceptors (Lipinski definition) is 3. The Balaban J connectivity index is 1.82. The predicted octanol–water partition coefficient (Wildman–Crippen LogP) is 4.39. The van der Waals surface area contributed by atoms with E-state index in [0.717, 1.165) is 23.7 Å². The quantitative estimate of drug-likeness (QED) is 0.342. The Morgan fingerprint density at radius 3 is 2.18 bits per heavy atom. The van der Waals surface area contributed by atoms with E-state index in [4.69, 9.17) is 4.74 Å². The van der Waals surface area contributed by atoms with Crippen molar-refractivity contribution >= 4 is 31.1 Å². The van der Waals surface area contributed by atoms with E-state index in [9.17, 15) is 22.8 Å². The van der Waals surface area contributed by atoms with Gasteiger partial charge in [0.15, 0.2) is 0 Å². The van der Waals surface area contributed by atoms with Gasteiger partial charge in [-0.05, 0) is 0 Å². The maximum atomic E-state index is 14.4. The number of ether oxygens (including phenoxy) is 1. The van der Waals surface area contributed by atoms with Crippen LogP contribution in [0.2, 0.25) is 5.32 Å². The van der Waals surface area contributed by atoms with E-state index in [0.29, 0.717) is 12.1 Å². The van der Waals surface area contributed by atoms with Gasteiger partial charge in [-0.2, -0.15) is 0 Å². The molecule has 0 heterocycles. The second-order valence-corrected chi connectivity index (χ2v) is 10.1. The van der Waals surface area contributed by atoms with Crippen LogP contribution in [0.3, 0.4) is 0 Å². The molecule has 2 aromatic rings. The molecule has 0 unspecified atom stereocenters. The van der Waals surface area contributed by atoms with Crippen molar-refractivity contribution in [3.63, 3.8) is 0 Å². The second kappa shape index (κ2) is 11.1. The molecule has 0 aliphatic heterocycles. The topological polar surface area (TPSA) is 46.6 Å².